The van der Waals surface area contributed by atoms with Crippen LogP contribution in [0.5, 0.6) is 0 Å². The molecule has 2 heterocycles. The van der Waals surface area contributed by atoms with Crippen molar-refractivity contribution in [3.63, 3.8) is 0 Å². The molecular weight excluding hydrogens is 678 g/mol. The number of hydrogen-bond acceptors (Lipinski definition) is 10. The van der Waals surface area contributed by atoms with Crippen LogP contribution in [0.3, 0.4) is 0 Å². The maximum absolute atomic E-state index is 13.7. The number of anilines is 3. The molecule has 5 rings (SSSR count). The van der Waals surface area contributed by atoms with Crippen molar-refractivity contribution in [1.82, 2.24) is 30.4 Å². The maximum Gasteiger partial charge on any atom is 0.338 e. The Morgan fingerprint density at radius 3 is 2.29 bits per heavy atom. The van der Waals surface area contributed by atoms with Crippen LogP contribution in [0.25, 0.3) is 5.69 Å². The number of rotatable bonds is 10. The Morgan fingerprint density at radius 1 is 0.941 bits per heavy atom. The van der Waals surface area contributed by atoms with Gasteiger partial charge in [-0.2, -0.15) is 4.68 Å². The molecule has 0 saturated carbocycles. The number of halogens is 1. The number of esters is 1. The van der Waals surface area contributed by atoms with E-state index in [2.05, 4.69) is 36.4 Å². The fraction of sp³-hybridized carbons (Fsp3) is 0.314. The highest BCUT2D eigenvalue weighted by Crippen LogP contribution is 2.24. The molecule has 1 aromatic heterocycles. The summed E-state index contributed by atoms with van der Waals surface area (Å²) in [4.78, 5) is 69.1. The van der Waals surface area contributed by atoms with Gasteiger partial charge in [0.1, 0.15) is 18.0 Å². The van der Waals surface area contributed by atoms with E-state index in [1.807, 2.05) is 6.92 Å². The largest absolute Gasteiger partial charge is 0.456 e. The maximum atomic E-state index is 13.7. The molecule has 1 fully saturated rings. The number of nitrogens with zero attached hydrogens (tertiary/aromatic N) is 6. The predicted octanol–water partition coefficient (Wildman–Crippen LogP) is 3.24. The minimum atomic E-state index is -1.22. The Kier molecular flexibility index (Phi) is 11.4. The molecule has 0 radical (unpaired) electrons. The average molecular weight is 716 g/mol. The summed E-state index contributed by atoms with van der Waals surface area (Å²) in [6.07, 6.45) is 1.32. The molecule has 16 heteroatoms. The first kappa shape index (κ1) is 36.6. The summed E-state index contributed by atoms with van der Waals surface area (Å²) in [5.74, 6) is -3.29. The number of ether oxygens (including phenoxy) is 1. The Labute approximate surface area is 299 Å². The van der Waals surface area contributed by atoms with E-state index in [4.69, 9.17) is 16.3 Å². The molecule has 0 unspecified atom stereocenters. The lowest BCUT2D eigenvalue weighted by Gasteiger charge is -2.33. The van der Waals surface area contributed by atoms with Gasteiger partial charge in [0.25, 0.3) is 0 Å². The average Bonchev–Trinajstić information content (AvgIpc) is 3.63. The van der Waals surface area contributed by atoms with Crippen molar-refractivity contribution < 1.29 is 28.7 Å². The van der Waals surface area contributed by atoms with E-state index in [0.29, 0.717) is 41.3 Å². The second-order valence-corrected chi connectivity index (χ2v) is 13.2. The van der Waals surface area contributed by atoms with Crippen molar-refractivity contribution in [3.05, 3.63) is 89.2 Å². The number of aromatic nitrogens is 4. The Bertz CT molecular complexity index is 1890. The van der Waals surface area contributed by atoms with Crippen LogP contribution in [-0.2, 0) is 30.3 Å². The van der Waals surface area contributed by atoms with Crippen LogP contribution in [0.4, 0.5) is 17.1 Å². The van der Waals surface area contributed by atoms with E-state index in [9.17, 15) is 24.0 Å². The molecule has 0 bridgehead atoms. The molecule has 4 amide bonds. The smallest absolute Gasteiger partial charge is 0.338 e. The SMILES string of the molecule is CCN1CCN(c2ccc(C[C@H](NC(=O)C(=O)Nc3cc(Cl)ccc3-n3cnnn3)C(=O)Nc3ccc(C(=O)OC(C)(C)C)cc3)cc2)C(=O)C1. The number of benzene rings is 3. The summed E-state index contributed by atoms with van der Waals surface area (Å²) >= 11 is 6.16. The highest BCUT2D eigenvalue weighted by atomic mass is 35.5. The molecular formula is C35H38ClN9O6. The van der Waals surface area contributed by atoms with Crippen molar-refractivity contribution >= 4 is 58.3 Å². The van der Waals surface area contributed by atoms with Crippen molar-refractivity contribution in [1.29, 1.82) is 0 Å². The van der Waals surface area contributed by atoms with E-state index >= 15 is 0 Å². The molecule has 15 nitrogen and oxygen atoms in total. The molecule has 1 aliphatic heterocycles. The van der Waals surface area contributed by atoms with Gasteiger partial charge < -0.3 is 25.6 Å². The van der Waals surface area contributed by atoms with E-state index in [1.165, 1.54) is 41.3 Å². The number of carbonyl (C=O) groups excluding carboxylic acids is 5. The zero-order valence-electron chi connectivity index (χ0n) is 28.6. The Morgan fingerprint density at radius 2 is 1.67 bits per heavy atom. The van der Waals surface area contributed by atoms with Crippen LogP contribution < -0.4 is 20.9 Å². The van der Waals surface area contributed by atoms with Crippen LogP contribution in [0.1, 0.15) is 43.6 Å². The van der Waals surface area contributed by atoms with Crippen molar-refractivity contribution in [2.75, 3.05) is 41.7 Å². The molecule has 3 N–H and O–H groups in total. The molecule has 1 atom stereocenters. The number of likely N-dealkylation sites (N-methyl/N-ethyl adjacent to an activating group) is 1. The van der Waals surface area contributed by atoms with Gasteiger partial charge in [-0.1, -0.05) is 30.7 Å². The predicted molar refractivity (Wildman–Crippen MR) is 190 cm³/mol. The van der Waals surface area contributed by atoms with Gasteiger partial charge in [-0.3, -0.25) is 24.1 Å². The number of tetrazole rings is 1. The first-order valence-electron chi connectivity index (χ1n) is 16.2. The highest BCUT2D eigenvalue weighted by molar-refractivity contribution is 6.40. The Hall–Kier alpha value is -5.67. The lowest BCUT2D eigenvalue weighted by molar-refractivity contribution is -0.137. The molecule has 1 aliphatic rings. The van der Waals surface area contributed by atoms with Crippen LogP contribution in [0.2, 0.25) is 5.02 Å². The van der Waals surface area contributed by atoms with Gasteiger partial charge in [0.05, 0.1) is 23.5 Å². The van der Waals surface area contributed by atoms with Gasteiger partial charge in [0.15, 0.2) is 0 Å². The lowest BCUT2D eigenvalue weighted by Crippen LogP contribution is -2.50. The molecule has 0 spiro atoms. The molecule has 4 aromatic rings. The second-order valence-electron chi connectivity index (χ2n) is 12.7. The summed E-state index contributed by atoms with van der Waals surface area (Å²) in [5.41, 5.74) is 1.85. The van der Waals surface area contributed by atoms with Gasteiger partial charge in [-0.05, 0) is 97.9 Å². The van der Waals surface area contributed by atoms with Crippen LogP contribution in [0, 0.1) is 0 Å². The van der Waals surface area contributed by atoms with Crippen LogP contribution in [-0.4, -0.2) is 92.5 Å². The zero-order chi connectivity index (χ0) is 36.7. The monoisotopic (exact) mass is 715 g/mol. The standard InChI is InChI=1S/C35H38ClN9O6/c1-5-43-16-17-44(30(46)20-43)26-13-6-22(7-14-26)18-28(31(47)38-25-11-8-23(9-12-25)34(50)51-35(2,3)4)40-33(49)32(48)39-27-19-24(36)10-15-29(27)45-21-37-41-42-45/h6-15,19,21,28H,5,16-18,20H2,1-4H3,(H,38,47)(H,39,48)(H,40,49)/t28-/m0/s1. The van der Waals surface area contributed by atoms with E-state index < -0.39 is 35.3 Å². The van der Waals surface area contributed by atoms with Crippen LogP contribution >= 0.6 is 11.6 Å². The summed E-state index contributed by atoms with van der Waals surface area (Å²) < 4.78 is 6.69. The van der Waals surface area contributed by atoms with Gasteiger partial charge in [-0.15, -0.1) is 5.10 Å². The normalized spacial score (nSPS) is 14.1. The third kappa shape index (κ3) is 9.73. The minimum Gasteiger partial charge on any atom is -0.456 e. The van der Waals surface area contributed by atoms with Gasteiger partial charge >= 0.3 is 17.8 Å². The number of nitrogens with one attached hydrogen (secondary N) is 3. The molecule has 0 aliphatic carbocycles. The summed E-state index contributed by atoms with van der Waals surface area (Å²) in [6, 6.07) is 16.5. The van der Waals surface area contributed by atoms with Gasteiger partial charge in [0.2, 0.25) is 11.8 Å². The summed E-state index contributed by atoms with van der Waals surface area (Å²) in [5, 5.41) is 19.1. The summed E-state index contributed by atoms with van der Waals surface area (Å²) in [6.45, 7) is 9.73. The van der Waals surface area contributed by atoms with E-state index in [-0.39, 0.29) is 23.0 Å². The minimum absolute atomic E-state index is 0.00568. The second kappa shape index (κ2) is 15.9. The topological polar surface area (TPSA) is 181 Å². The van der Waals surface area contributed by atoms with Crippen molar-refractivity contribution in [2.24, 2.45) is 0 Å². The Balaban J connectivity index is 1.33. The quantitative estimate of drug-likeness (QED) is 0.163. The third-order valence-electron chi connectivity index (χ3n) is 7.85. The molecule has 3 aromatic carbocycles. The first-order chi connectivity index (χ1) is 24.3. The number of amides is 4. The zero-order valence-corrected chi connectivity index (χ0v) is 29.3. The van der Waals surface area contributed by atoms with Crippen molar-refractivity contribution in [2.45, 2.75) is 45.8 Å². The molecule has 266 valence electrons. The van der Waals surface area contributed by atoms with Crippen LogP contribution in [0.15, 0.2) is 73.1 Å². The fourth-order valence-corrected chi connectivity index (χ4v) is 5.43. The number of hydrogen-bond donors (Lipinski definition) is 3. The first-order valence-corrected chi connectivity index (χ1v) is 16.6. The summed E-state index contributed by atoms with van der Waals surface area (Å²) in [7, 11) is 0. The van der Waals surface area contributed by atoms with E-state index in [1.54, 1.807) is 62.1 Å². The lowest BCUT2D eigenvalue weighted by atomic mass is 10.0. The number of carbonyl (C=O) groups is 5. The van der Waals surface area contributed by atoms with Gasteiger partial charge in [0, 0.05) is 35.9 Å². The fourth-order valence-electron chi connectivity index (χ4n) is 5.26. The number of piperazine rings is 1. The highest BCUT2D eigenvalue weighted by Gasteiger charge is 2.27. The molecule has 1 saturated heterocycles. The third-order valence-corrected chi connectivity index (χ3v) is 8.09. The van der Waals surface area contributed by atoms with E-state index in [0.717, 1.165) is 13.1 Å². The molecule has 51 heavy (non-hydrogen) atoms. The van der Waals surface area contributed by atoms with Gasteiger partial charge in [-0.25, -0.2) is 4.79 Å². The van der Waals surface area contributed by atoms with Crippen molar-refractivity contribution in [3.8, 4) is 5.69 Å².